The number of anilines is 1. The maximum atomic E-state index is 11.5. The zero-order valence-electron chi connectivity index (χ0n) is 12.4. The van der Waals surface area contributed by atoms with Gasteiger partial charge in [-0.15, -0.1) is 0 Å². The van der Waals surface area contributed by atoms with Gasteiger partial charge in [0.05, 0.1) is 10.2 Å². The van der Waals surface area contributed by atoms with Crippen molar-refractivity contribution in [3.63, 3.8) is 0 Å². The predicted octanol–water partition coefficient (Wildman–Crippen LogP) is 3.52. The van der Waals surface area contributed by atoms with Gasteiger partial charge in [-0.05, 0) is 51.5 Å². The second-order valence-electron chi connectivity index (χ2n) is 5.84. The van der Waals surface area contributed by atoms with Crippen LogP contribution in [0.5, 0.6) is 0 Å². The van der Waals surface area contributed by atoms with Crippen LogP contribution in [0.1, 0.15) is 6.92 Å². The first-order valence-electron chi connectivity index (χ1n) is 6.92. The first kappa shape index (κ1) is 17.6. The second kappa shape index (κ2) is 6.27. The number of sulfone groups is 1. The summed E-state index contributed by atoms with van der Waals surface area (Å²) in [6, 6.07) is 2.05. The third-order valence-corrected chi connectivity index (χ3v) is 7.06. The smallest absolute Gasteiger partial charge is 0.147 e. The second-order valence-corrected chi connectivity index (χ2v) is 10.3. The Bertz CT molecular complexity index is 893. The highest BCUT2D eigenvalue weighted by Gasteiger charge is 2.39. The van der Waals surface area contributed by atoms with Crippen LogP contribution in [0.25, 0.3) is 10.8 Å². The maximum Gasteiger partial charge on any atom is 0.147 e. The number of nitrogens with zero attached hydrogens (tertiary/aromatic N) is 3. The van der Waals surface area contributed by atoms with E-state index in [4.69, 9.17) is 11.6 Å². The Morgan fingerprint density at radius 2 is 2.17 bits per heavy atom. The number of rotatable bonds is 3. The minimum Gasteiger partial charge on any atom is -0.353 e. The van der Waals surface area contributed by atoms with Gasteiger partial charge in [-0.1, -0.05) is 11.6 Å². The molecule has 0 radical (unpaired) electrons. The average Bonchev–Trinajstić information content (AvgIpc) is 2.46. The van der Waals surface area contributed by atoms with Crippen molar-refractivity contribution in [1.82, 2.24) is 9.97 Å². The summed E-state index contributed by atoms with van der Waals surface area (Å²) in [7, 11) is -2.98. The van der Waals surface area contributed by atoms with Crippen molar-refractivity contribution in [2.45, 2.75) is 13.0 Å². The van der Waals surface area contributed by atoms with E-state index in [0.29, 0.717) is 11.7 Å². The van der Waals surface area contributed by atoms with E-state index in [1.807, 2.05) is 13.0 Å². The number of halogens is 3. The van der Waals surface area contributed by atoms with Crippen molar-refractivity contribution < 1.29 is 8.42 Å². The molecule has 0 aromatic carbocycles. The molecule has 0 unspecified atom stereocenters. The molecule has 2 aromatic rings. The van der Waals surface area contributed by atoms with Crippen LogP contribution in [0.15, 0.2) is 16.7 Å². The number of hydrogen-bond donors (Lipinski definition) is 0. The highest BCUT2D eigenvalue weighted by molar-refractivity contribution is 14.1. The lowest BCUT2D eigenvalue weighted by Crippen LogP contribution is -2.57. The fourth-order valence-electron chi connectivity index (χ4n) is 2.87. The molecule has 0 spiro atoms. The predicted molar refractivity (Wildman–Crippen MR) is 105 cm³/mol. The van der Waals surface area contributed by atoms with Gasteiger partial charge in [0.25, 0.3) is 0 Å². The standard InChI is InChI=1S/C14H14BrClIN3O2S/c1-7-8(6-23(2,21)22)5-20(7)14-10-4-18-11(17)3-9(10)12(15)13(16)19-14/h3-4,7-8H,5-6H2,1-2H3/t7-,8-/m1/s1. The number of hydrogen-bond acceptors (Lipinski definition) is 5. The van der Waals surface area contributed by atoms with Gasteiger partial charge in [0.15, 0.2) is 0 Å². The summed E-state index contributed by atoms with van der Waals surface area (Å²) in [5.74, 6) is 1.07. The highest BCUT2D eigenvalue weighted by Crippen LogP contribution is 2.39. The Morgan fingerprint density at radius 1 is 1.48 bits per heavy atom. The molecule has 0 aliphatic carbocycles. The molecule has 3 rings (SSSR count). The van der Waals surface area contributed by atoms with Gasteiger partial charge in [-0.25, -0.2) is 18.4 Å². The first-order chi connectivity index (χ1) is 10.7. The van der Waals surface area contributed by atoms with Crippen molar-refractivity contribution >= 4 is 76.5 Å². The minimum atomic E-state index is -2.98. The average molecular weight is 531 g/mol. The molecule has 0 bridgehead atoms. The van der Waals surface area contributed by atoms with Crippen molar-refractivity contribution in [3.05, 3.63) is 25.6 Å². The van der Waals surface area contributed by atoms with Gasteiger partial charge in [-0.3, -0.25) is 0 Å². The molecule has 2 aromatic heterocycles. The van der Waals surface area contributed by atoms with Crippen molar-refractivity contribution in [3.8, 4) is 0 Å². The molecule has 23 heavy (non-hydrogen) atoms. The molecule has 1 saturated heterocycles. The Kier molecular flexibility index (Phi) is 4.81. The SMILES string of the molecule is C[C@@H]1[C@@H](CS(C)(=O)=O)CN1c1nc(Cl)c(Br)c2cc(I)ncc12. The molecule has 0 N–H and O–H groups in total. The molecule has 1 fully saturated rings. The van der Waals surface area contributed by atoms with Gasteiger partial charge in [-0.2, -0.15) is 0 Å². The summed E-state index contributed by atoms with van der Waals surface area (Å²) >= 11 is 11.9. The van der Waals surface area contributed by atoms with Gasteiger partial charge in [0, 0.05) is 41.7 Å². The molecule has 3 heterocycles. The summed E-state index contributed by atoms with van der Waals surface area (Å²) in [6.07, 6.45) is 3.07. The van der Waals surface area contributed by atoms with Crippen molar-refractivity contribution in [2.75, 3.05) is 23.5 Å². The van der Waals surface area contributed by atoms with Crippen LogP contribution in [0.3, 0.4) is 0 Å². The molecule has 0 saturated carbocycles. The number of fused-ring (bicyclic) bond motifs is 1. The van der Waals surface area contributed by atoms with Crippen LogP contribution >= 0.6 is 50.1 Å². The highest BCUT2D eigenvalue weighted by atomic mass is 127. The van der Waals surface area contributed by atoms with E-state index in [1.165, 1.54) is 6.26 Å². The molecule has 1 aliphatic heterocycles. The van der Waals surface area contributed by atoms with Crippen molar-refractivity contribution in [1.29, 1.82) is 0 Å². The van der Waals surface area contributed by atoms with E-state index in [2.05, 4.69) is 53.4 Å². The zero-order chi connectivity index (χ0) is 16.9. The van der Waals surface area contributed by atoms with E-state index in [9.17, 15) is 8.42 Å². The van der Waals surface area contributed by atoms with E-state index in [0.717, 1.165) is 24.8 Å². The minimum absolute atomic E-state index is 0.0944. The molecule has 1 aliphatic rings. The number of pyridine rings is 2. The van der Waals surface area contributed by atoms with Crippen LogP contribution in [-0.4, -0.2) is 43.0 Å². The largest absolute Gasteiger partial charge is 0.353 e. The summed E-state index contributed by atoms with van der Waals surface area (Å²) < 4.78 is 24.6. The fourth-order valence-corrected chi connectivity index (χ4v) is 5.08. The lowest BCUT2D eigenvalue weighted by molar-refractivity contribution is 0.339. The Balaban J connectivity index is 2.00. The monoisotopic (exact) mass is 529 g/mol. The summed E-state index contributed by atoms with van der Waals surface area (Å²) in [5, 5.41) is 2.26. The summed E-state index contributed by atoms with van der Waals surface area (Å²) in [4.78, 5) is 10.9. The Labute approximate surface area is 162 Å². The van der Waals surface area contributed by atoms with Crippen LogP contribution in [0, 0.1) is 9.62 Å². The van der Waals surface area contributed by atoms with E-state index >= 15 is 0 Å². The van der Waals surface area contributed by atoms with Gasteiger partial charge in [0.2, 0.25) is 0 Å². The maximum absolute atomic E-state index is 11.5. The van der Waals surface area contributed by atoms with Crippen molar-refractivity contribution in [2.24, 2.45) is 5.92 Å². The topological polar surface area (TPSA) is 63.2 Å². The fraction of sp³-hybridized carbons (Fsp3) is 0.429. The number of aromatic nitrogens is 2. The zero-order valence-corrected chi connectivity index (χ0v) is 17.7. The molecular formula is C14H14BrClIN3O2S. The molecule has 9 heteroatoms. The molecule has 5 nitrogen and oxygen atoms in total. The molecule has 0 amide bonds. The van der Waals surface area contributed by atoms with Gasteiger partial charge in [0.1, 0.15) is 24.5 Å². The van der Waals surface area contributed by atoms with Crippen LogP contribution in [0.2, 0.25) is 5.15 Å². The van der Waals surface area contributed by atoms with Crippen LogP contribution in [-0.2, 0) is 9.84 Å². The Hall–Kier alpha value is -0.190. The summed E-state index contributed by atoms with van der Waals surface area (Å²) in [5.41, 5.74) is 0. The molecule has 124 valence electrons. The normalized spacial score (nSPS) is 21.5. The molecular weight excluding hydrogens is 517 g/mol. The Morgan fingerprint density at radius 3 is 2.78 bits per heavy atom. The van der Waals surface area contributed by atoms with E-state index in [1.54, 1.807) is 6.20 Å². The lowest BCUT2D eigenvalue weighted by Gasteiger charge is -2.47. The molecule has 2 atom stereocenters. The van der Waals surface area contributed by atoms with Gasteiger partial charge >= 0.3 is 0 Å². The van der Waals surface area contributed by atoms with Crippen LogP contribution in [0.4, 0.5) is 5.82 Å². The first-order valence-corrected chi connectivity index (χ1v) is 11.2. The van der Waals surface area contributed by atoms with E-state index in [-0.39, 0.29) is 17.7 Å². The van der Waals surface area contributed by atoms with E-state index < -0.39 is 9.84 Å². The summed E-state index contributed by atoms with van der Waals surface area (Å²) in [6.45, 7) is 2.67. The van der Waals surface area contributed by atoms with Gasteiger partial charge < -0.3 is 4.90 Å². The third kappa shape index (κ3) is 3.45. The quantitative estimate of drug-likeness (QED) is 0.449. The van der Waals surface area contributed by atoms with Crippen LogP contribution < -0.4 is 4.90 Å². The third-order valence-electron chi connectivity index (χ3n) is 4.13. The lowest BCUT2D eigenvalue weighted by atomic mass is 9.91.